The molecule has 1 aromatic heterocycles. The van der Waals surface area contributed by atoms with Gasteiger partial charge in [-0.3, -0.25) is 0 Å². The first kappa shape index (κ1) is 13.9. The second-order valence-corrected chi connectivity index (χ2v) is 4.55. The van der Waals surface area contributed by atoms with Gasteiger partial charge < -0.3 is 9.84 Å². The maximum atomic E-state index is 10.8. The average Bonchev–Trinajstić information content (AvgIpc) is 2.36. The second kappa shape index (κ2) is 5.61. The minimum Gasteiger partial charge on any atom is -0.477 e. The molecule has 0 amide bonds. The molecule has 2 aromatic rings. The highest BCUT2D eigenvalue weighted by molar-refractivity contribution is 6.43. The van der Waals surface area contributed by atoms with Crippen LogP contribution in [0.2, 0.25) is 15.1 Å². The SMILES string of the molecule is O=C(O)c1ccnc(Oc2cc(Cl)c(Cl)cc2Cl)n1. The third kappa shape index (κ3) is 3.26. The van der Waals surface area contributed by atoms with E-state index in [-0.39, 0.29) is 32.5 Å². The lowest BCUT2D eigenvalue weighted by atomic mass is 10.3. The Balaban J connectivity index is 2.33. The summed E-state index contributed by atoms with van der Waals surface area (Å²) in [5, 5.41) is 9.53. The van der Waals surface area contributed by atoms with Gasteiger partial charge in [-0.2, -0.15) is 4.98 Å². The van der Waals surface area contributed by atoms with Crippen LogP contribution >= 0.6 is 34.8 Å². The van der Waals surface area contributed by atoms with Crippen LogP contribution in [-0.4, -0.2) is 21.0 Å². The van der Waals surface area contributed by atoms with Crippen molar-refractivity contribution in [1.82, 2.24) is 9.97 Å². The van der Waals surface area contributed by atoms with Crippen LogP contribution in [0.1, 0.15) is 10.5 Å². The number of ether oxygens (including phenoxy) is 1. The Labute approximate surface area is 122 Å². The van der Waals surface area contributed by atoms with Gasteiger partial charge in [0.1, 0.15) is 0 Å². The molecule has 1 N–H and O–H groups in total. The number of carbonyl (C=O) groups is 1. The number of benzene rings is 1. The highest BCUT2D eigenvalue weighted by atomic mass is 35.5. The van der Waals surface area contributed by atoms with E-state index in [0.717, 1.165) is 0 Å². The van der Waals surface area contributed by atoms with Crippen LogP contribution in [0.15, 0.2) is 24.4 Å². The molecule has 0 saturated heterocycles. The van der Waals surface area contributed by atoms with Crippen molar-refractivity contribution in [3.05, 3.63) is 45.2 Å². The summed E-state index contributed by atoms with van der Waals surface area (Å²) in [5.41, 5.74) is -0.193. The fourth-order valence-electron chi connectivity index (χ4n) is 1.19. The topological polar surface area (TPSA) is 72.3 Å². The molecule has 8 heteroatoms. The Morgan fingerprint density at radius 3 is 2.53 bits per heavy atom. The van der Waals surface area contributed by atoms with Crippen LogP contribution in [0.4, 0.5) is 0 Å². The van der Waals surface area contributed by atoms with Crippen LogP contribution in [0.3, 0.4) is 0 Å². The maximum Gasteiger partial charge on any atom is 0.354 e. The fourth-order valence-corrected chi connectivity index (χ4v) is 1.77. The molecule has 19 heavy (non-hydrogen) atoms. The van der Waals surface area contributed by atoms with Crippen molar-refractivity contribution in [3.63, 3.8) is 0 Å². The lowest BCUT2D eigenvalue weighted by Crippen LogP contribution is -2.02. The van der Waals surface area contributed by atoms with Crippen LogP contribution < -0.4 is 4.74 Å². The number of rotatable bonds is 3. The van der Waals surface area contributed by atoms with Gasteiger partial charge in [0.25, 0.3) is 0 Å². The standard InChI is InChI=1S/C11H5Cl3N2O3/c12-5-3-7(14)9(4-6(5)13)19-11-15-2-1-8(16-11)10(17)18/h1-4H,(H,17,18). The van der Waals surface area contributed by atoms with Crippen molar-refractivity contribution in [1.29, 1.82) is 0 Å². The Hall–Kier alpha value is -1.56. The van der Waals surface area contributed by atoms with E-state index in [1.807, 2.05) is 0 Å². The number of aromatic nitrogens is 2. The van der Waals surface area contributed by atoms with Gasteiger partial charge in [0.2, 0.25) is 0 Å². The molecule has 0 aliphatic heterocycles. The molecular weight excluding hydrogens is 314 g/mol. The maximum absolute atomic E-state index is 10.8. The van der Waals surface area contributed by atoms with E-state index in [0.29, 0.717) is 0 Å². The lowest BCUT2D eigenvalue weighted by molar-refractivity contribution is 0.0689. The van der Waals surface area contributed by atoms with Crippen molar-refractivity contribution in [2.75, 3.05) is 0 Å². The van der Waals surface area contributed by atoms with E-state index < -0.39 is 5.97 Å². The molecule has 0 aliphatic rings. The molecular formula is C11H5Cl3N2O3. The van der Waals surface area contributed by atoms with Gasteiger partial charge >= 0.3 is 12.0 Å². The second-order valence-electron chi connectivity index (χ2n) is 3.33. The minimum absolute atomic E-state index is 0.153. The fraction of sp³-hybridized carbons (Fsp3) is 0. The summed E-state index contributed by atoms with van der Waals surface area (Å²) >= 11 is 17.5. The van der Waals surface area contributed by atoms with E-state index in [1.165, 1.54) is 24.4 Å². The van der Waals surface area contributed by atoms with Gasteiger partial charge in [-0.05, 0) is 12.1 Å². The van der Waals surface area contributed by atoms with Crippen LogP contribution in [0.5, 0.6) is 11.8 Å². The molecule has 2 rings (SSSR count). The smallest absolute Gasteiger partial charge is 0.354 e. The minimum atomic E-state index is -1.19. The summed E-state index contributed by atoms with van der Waals surface area (Å²) in [5.74, 6) is -1.01. The Kier molecular flexibility index (Phi) is 4.09. The highest BCUT2D eigenvalue weighted by Crippen LogP contribution is 2.35. The van der Waals surface area contributed by atoms with Crippen molar-refractivity contribution in [3.8, 4) is 11.8 Å². The number of nitrogens with zero attached hydrogens (tertiary/aromatic N) is 2. The van der Waals surface area contributed by atoms with Crippen LogP contribution in [0, 0.1) is 0 Å². The van der Waals surface area contributed by atoms with Gasteiger partial charge in [-0.15, -0.1) is 0 Å². The number of aromatic carboxylic acids is 1. The molecule has 0 radical (unpaired) electrons. The first-order valence-electron chi connectivity index (χ1n) is 4.86. The van der Waals surface area contributed by atoms with Crippen molar-refractivity contribution >= 4 is 40.8 Å². The number of halogens is 3. The molecule has 0 fully saturated rings. The Morgan fingerprint density at radius 1 is 1.16 bits per heavy atom. The third-order valence-corrected chi connectivity index (χ3v) is 3.05. The molecule has 98 valence electrons. The van der Waals surface area contributed by atoms with E-state index in [1.54, 1.807) is 0 Å². The number of hydrogen-bond donors (Lipinski definition) is 1. The van der Waals surface area contributed by atoms with Gasteiger partial charge in [-0.1, -0.05) is 34.8 Å². The highest BCUT2D eigenvalue weighted by Gasteiger charge is 2.11. The van der Waals surface area contributed by atoms with Crippen LogP contribution in [0.25, 0.3) is 0 Å². The summed E-state index contributed by atoms with van der Waals surface area (Å²) in [7, 11) is 0. The monoisotopic (exact) mass is 318 g/mol. The third-order valence-electron chi connectivity index (χ3n) is 2.03. The molecule has 0 atom stereocenters. The Morgan fingerprint density at radius 2 is 1.84 bits per heavy atom. The molecule has 1 heterocycles. The van der Waals surface area contributed by atoms with Gasteiger partial charge in [0.05, 0.1) is 15.1 Å². The number of carboxylic acid groups (broad SMARTS) is 1. The van der Waals surface area contributed by atoms with Gasteiger partial charge in [0.15, 0.2) is 11.4 Å². The summed E-state index contributed by atoms with van der Waals surface area (Å²) in [4.78, 5) is 18.2. The zero-order chi connectivity index (χ0) is 14.0. The summed E-state index contributed by atoms with van der Waals surface area (Å²) in [6.45, 7) is 0. The predicted molar refractivity (Wildman–Crippen MR) is 70.5 cm³/mol. The normalized spacial score (nSPS) is 10.3. The van der Waals surface area contributed by atoms with Crippen molar-refractivity contribution in [2.24, 2.45) is 0 Å². The Bertz CT molecular complexity index is 649. The molecule has 0 bridgehead atoms. The van der Waals surface area contributed by atoms with E-state index in [4.69, 9.17) is 44.6 Å². The molecule has 0 aliphatic carbocycles. The zero-order valence-corrected chi connectivity index (χ0v) is 11.4. The first-order valence-corrected chi connectivity index (χ1v) is 5.99. The molecule has 0 saturated carbocycles. The first-order chi connectivity index (χ1) is 8.97. The van der Waals surface area contributed by atoms with Crippen molar-refractivity contribution in [2.45, 2.75) is 0 Å². The van der Waals surface area contributed by atoms with E-state index in [9.17, 15) is 4.79 Å². The van der Waals surface area contributed by atoms with Gasteiger partial charge in [-0.25, -0.2) is 9.78 Å². The lowest BCUT2D eigenvalue weighted by Gasteiger charge is -2.07. The van der Waals surface area contributed by atoms with Gasteiger partial charge in [0, 0.05) is 12.3 Å². The quantitative estimate of drug-likeness (QED) is 0.868. The predicted octanol–water partition coefficient (Wildman–Crippen LogP) is 3.93. The summed E-state index contributed by atoms with van der Waals surface area (Å²) in [6, 6.07) is 3.89. The number of hydrogen-bond acceptors (Lipinski definition) is 4. The number of carboxylic acids is 1. The molecule has 1 aromatic carbocycles. The molecule has 0 spiro atoms. The summed E-state index contributed by atoms with van der Waals surface area (Å²) < 4.78 is 5.28. The zero-order valence-electron chi connectivity index (χ0n) is 9.10. The molecule has 5 nitrogen and oxygen atoms in total. The van der Waals surface area contributed by atoms with E-state index >= 15 is 0 Å². The summed E-state index contributed by atoms with van der Waals surface area (Å²) in [6.07, 6.45) is 1.26. The van der Waals surface area contributed by atoms with Crippen molar-refractivity contribution < 1.29 is 14.6 Å². The average molecular weight is 320 g/mol. The van der Waals surface area contributed by atoms with E-state index in [2.05, 4.69) is 9.97 Å². The molecule has 0 unspecified atom stereocenters. The van der Waals surface area contributed by atoms with Crippen LogP contribution in [-0.2, 0) is 0 Å². The largest absolute Gasteiger partial charge is 0.477 e.